The van der Waals surface area contributed by atoms with Crippen LogP contribution in [0.2, 0.25) is 0 Å². The zero-order valence-corrected chi connectivity index (χ0v) is 11.0. The van der Waals surface area contributed by atoms with Crippen LogP contribution < -0.4 is 0 Å². The molecule has 0 atom stereocenters. The van der Waals surface area contributed by atoms with Crippen molar-refractivity contribution in [3.8, 4) is 11.5 Å². The van der Waals surface area contributed by atoms with E-state index in [4.69, 9.17) is 22.1 Å². The Hall–Kier alpha value is -1.29. The van der Waals surface area contributed by atoms with Crippen LogP contribution in [0.25, 0.3) is 0 Å². The molecule has 0 unspecified atom stereocenters. The van der Waals surface area contributed by atoms with Crippen molar-refractivity contribution in [1.29, 1.82) is 0 Å². The summed E-state index contributed by atoms with van der Waals surface area (Å²) in [5.74, 6) is 0.599. The number of rotatable bonds is 5. The molecule has 0 aliphatic rings. The number of hydrogen-bond donors (Lipinski definition) is 2. The fourth-order valence-electron chi connectivity index (χ4n) is 1.43. The molecule has 1 aromatic carbocycles. The number of hydrogen-bond acceptors (Lipinski definition) is 4. The number of ether oxygens (including phenoxy) is 1. The Morgan fingerprint density at radius 3 is 2.65 bits per heavy atom. The fourth-order valence-corrected chi connectivity index (χ4v) is 1.68. The fraction of sp³-hybridized carbons (Fsp3) is 0.462. The third-order valence-electron chi connectivity index (χ3n) is 2.36. The highest BCUT2D eigenvalue weighted by Crippen LogP contribution is 2.23. The van der Waals surface area contributed by atoms with E-state index in [1.165, 1.54) is 12.1 Å². The summed E-state index contributed by atoms with van der Waals surface area (Å²) < 4.78 is 5.39. The molecular weight excluding hydrogens is 236 g/mol. The highest BCUT2D eigenvalue weighted by Gasteiger charge is 2.09. The Labute approximate surface area is 107 Å². The van der Waals surface area contributed by atoms with Crippen LogP contribution in [0.5, 0.6) is 11.5 Å². The number of phenolic OH excluding ortho intramolecular Hbond substituents is 2. The van der Waals surface area contributed by atoms with Gasteiger partial charge >= 0.3 is 0 Å². The smallest absolute Gasteiger partial charge is 0.194 e. The first-order valence-corrected chi connectivity index (χ1v) is 6.10. The lowest BCUT2D eigenvalue weighted by molar-refractivity contribution is 0.293. The first-order valence-electron chi connectivity index (χ1n) is 5.70. The van der Waals surface area contributed by atoms with Crippen molar-refractivity contribution in [2.45, 2.75) is 26.7 Å². The van der Waals surface area contributed by atoms with Gasteiger partial charge in [0.15, 0.2) is 5.05 Å². The zero-order chi connectivity index (χ0) is 12.8. The van der Waals surface area contributed by atoms with E-state index >= 15 is 0 Å². The normalized spacial score (nSPS) is 10.5. The summed E-state index contributed by atoms with van der Waals surface area (Å²) in [6, 6.07) is 4.27. The van der Waals surface area contributed by atoms with E-state index in [1.54, 1.807) is 6.07 Å². The third kappa shape index (κ3) is 4.61. The molecule has 0 heterocycles. The van der Waals surface area contributed by atoms with Gasteiger partial charge in [-0.2, -0.15) is 0 Å². The molecule has 0 aliphatic carbocycles. The summed E-state index contributed by atoms with van der Waals surface area (Å²) in [4.78, 5) is 0. The Morgan fingerprint density at radius 2 is 2.06 bits per heavy atom. The van der Waals surface area contributed by atoms with Crippen molar-refractivity contribution in [2.24, 2.45) is 5.92 Å². The molecule has 3 nitrogen and oxygen atoms in total. The van der Waals surface area contributed by atoms with Crippen LogP contribution >= 0.6 is 12.2 Å². The predicted molar refractivity (Wildman–Crippen MR) is 71.5 cm³/mol. The largest absolute Gasteiger partial charge is 0.508 e. The minimum absolute atomic E-state index is 0.00820. The number of benzene rings is 1. The lowest BCUT2D eigenvalue weighted by Crippen LogP contribution is -2.06. The summed E-state index contributed by atoms with van der Waals surface area (Å²) in [7, 11) is 0. The molecule has 0 bridgehead atoms. The summed E-state index contributed by atoms with van der Waals surface area (Å²) in [5.41, 5.74) is 0.447. The van der Waals surface area contributed by atoms with Gasteiger partial charge in [0.05, 0.1) is 12.2 Å². The number of phenols is 2. The molecular formula is C13H18O3S. The molecule has 0 saturated heterocycles. The van der Waals surface area contributed by atoms with Gasteiger partial charge in [0.25, 0.3) is 0 Å². The predicted octanol–water partition coefficient (Wildman–Crippen LogP) is 3.23. The Balaban J connectivity index is 2.47. The van der Waals surface area contributed by atoms with Crippen molar-refractivity contribution in [3.63, 3.8) is 0 Å². The second-order valence-corrected chi connectivity index (χ2v) is 4.74. The summed E-state index contributed by atoms with van der Waals surface area (Å²) in [6.45, 7) is 4.87. The molecule has 17 heavy (non-hydrogen) atoms. The summed E-state index contributed by atoms with van der Waals surface area (Å²) in [5, 5.41) is 19.0. The van der Waals surface area contributed by atoms with Crippen molar-refractivity contribution >= 4 is 17.3 Å². The van der Waals surface area contributed by atoms with E-state index in [0.29, 0.717) is 18.1 Å². The van der Waals surface area contributed by atoms with E-state index in [9.17, 15) is 5.11 Å². The molecule has 94 valence electrons. The van der Waals surface area contributed by atoms with E-state index in [-0.39, 0.29) is 16.5 Å². The molecule has 2 N–H and O–H groups in total. The van der Waals surface area contributed by atoms with Crippen LogP contribution in [-0.4, -0.2) is 21.9 Å². The average molecular weight is 254 g/mol. The maximum absolute atomic E-state index is 9.58. The van der Waals surface area contributed by atoms with Gasteiger partial charge < -0.3 is 14.9 Å². The second kappa shape index (κ2) is 6.45. The maximum atomic E-state index is 9.58. The molecule has 0 fully saturated rings. The van der Waals surface area contributed by atoms with Crippen LogP contribution in [0.1, 0.15) is 32.3 Å². The molecule has 4 heteroatoms. The van der Waals surface area contributed by atoms with Gasteiger partial charge in [-0.25, -0.2) is 0 Å². The standard InChI is InChI=1S/C13H18O3S/c1-9(2)4-3-7-16-13(17)11-6-5-10(14)8-12(11)15/h5-6,8-9,14-15H,3-4,7H2,1-2H3. The molecule has 0 spiro atoms. The van der Waals surface area contributed by atoms with Gasteiger partial charge in [0, 0.05) is 6.07 Å². The minimum Gasteiger partial charge on any atom is -0.508 e. The first-order chi connectivity index (χ1) is 8.00. The summed E-state index contributed by atoms with van der Waals surface area (Å²) in [6.07, 6.45) is 2.03. The van der Waals surface area contributed by atoms with Gasteiger partial charge in [-0.1, -0.05) is 13.8 Å². The Morgan fingerprint density at radius 1 is 1.35 bits per heavy atom. The van der Waals surface area contributed by atoms with E-state index in [2.05, 4.69) is 13.8 Å². The first kappa shape index (κ1) is 13.8. The lowest BCUT2D eigenvalue weighted by atomic mass is 10.1. The van der Waals surface area contributed by atoms with Gasteiger partial charge in [-0.15, -0.1) is 0 Å². The van der Waals surface area contributed by atoms with E-state index < -0.39 is 0 Å². The van der Waals surface area contributed by atoms with Crippen LogP contribution in [0.3, 0.4) is 0 Å². The SMILES string of the molecule is CC(C)CCCOC(=S)c1ccc(O)cc1O. The van der Waals surface area contributed by atoms with Gasteiger partial charge in [0.2, 0.25) is 0 Å². The van der Waals surface area contributed by atoms with Gasteiger partial charge in [-0.05, 0) is 43.1 Å². The number of aromatic hydroxyl groups is 2. The van der Waals surface area contributed by atoms with Gasteiger partial charge in [0.1, 0.15) is 11.5 Å². The molecule has 1 aromatic rings. The summed E-state index contributed by atoms with van der Waals surface area (Å²) >= 11 is 5.07. The molecule has 0 amide bonds. The molecule has 0 aromatic heterocycles. The van der Waals surface area contributed by atoms with Crippen molar-refractivity contribution < 1.29 is 14.9 Å². The zero-order valence-electron chi connectivity index (χ0n) is 10.1. The third-order valence-corrected chi connectivity index (χ3v) is 2.70. The maximum Gasteiger partial charge on any atom is 0.194 e. The van der Waals surface area contributed by atoms with Crippen LogP contribution in [0.4, 0.5) is 0 Å². The van der Waals surface area contributed by atoms with Crippen LogP contribution in [0, 0.1) is 5.92 Å². The quantitative estimate of drug-likeness (QED) is 0.625. The van der Waals surface area contributed by atoms with Gasteiger partial charge in [-0.3, -0.25) is 0 Å². The van der Waals surface area contributed by atoms with Crippen molar-refractivity contribution in [2.75, 3.05) is 6.61 Å². The lowest BCUT2D eigenvalue weighted by Gasteiger charge is -2.10. The average Bonchev–Trinajstić information content (AvgIpc) is 2.23. The van der Waals surface area contributed by atoms with Crippen molar-refractivity contribution in [3.05, 3.63) is 23.8 Å². The molecule has 0 radical (unpaired) electrons. The topological polar surface area (TPSA) is 49.7 Å². The highest BCUT2D eigenvalue weighted by molar-refractivity contribution is 7.80. The monoisotopic (exact) mass is 254 g/mol. The Kier molecular flexibility index (Phi) is 5.22. The van der Waals surface area contributed by atoms with Crippen LogP contribution in [-0.2, 0) is 4.74 Å². The van der Waals surface area contributed by atoms with E-state index in [1.807, 2.05) is 0 Å². The molecule has 0 saturated carbocycles. The molecule has 1 rings (SSSR count). The molecule has 0 aliphatic heterocycles. The Bertz CT molecular complexity index is 388. The second-order valence-electron chi connectivity index (χ2n) is 4.37. The number of thiocarbonyl (C=S) groups is 1. The van der Waals surface area contributed by atoms with Crippen LogP contribution in [0.15, 0.2) is 18.2 Å². The highest BCUT2D eigenvalue weighted by atomic mass is 32.1. The van der Waals surface area contributed by atoms with Crippen molar-refractivity contribution in [1.82, 2.24) is 0 Å². The van der Waals surface area contributed by atoms with E-state index in [0.717, 1.165) is 12.8 Å². The minimum atomic E-state index is -0.0566.